The van der Waals surface area contributed by atoms with Crippen molar-refractivity contribution in [2.24, 2.45) is 5.92 Å². The normalized spacial score (nSPS) is 23.2. The van der Waals surface area contributed by atoms with Crippen molar-refractivity contribution in [3.8, 4) is 0 Å². The van der Waals surface area contributed by atoms with E-state index in [2.05, 4.69) is 30.9 Å². The van der Waals surface area contributed by atoms with Gasteiger partial charge in [0.2, 0.25) is 0 Å². The molecular formula is C13H27NS. The minimum atomic E-state index is 0.729. The molecule has 0 aliphatic carbocycles. The van der Waals surface area contributed by atoms with E-state index in [1.807, 2.05) is 0 Å². The molecule has 1 rings (SSSR count). The zero-order valence-corrected chi connectivity index (χ0v) is 11.2. The first-order valence-corrected chi connectivity index (χ1v) is 7.79. The lowest BCUT2D eigenvalue weighted by Gasteiger charge is -2.16. The summed E-state index contributed by atoms with van der Waals surface area (Å²) in [7, 11) is 0. The molecule has 0 amide bonds. The fourth-order valence-corrected chi connectivity index (χ4v) is 3.38. The summed E-state index contributed by atoms with van der Waals surface area (Å²) in [6, 6.07) is 0.729. The lowest BCUT2D eigenvalue weighted by Crippen LogP contribution is -2.31. The maximum atomic E-state index is 3.69. The van der Waals surface area contributed by atoms with E-state index in [0.717, 1.165) is 12.0 Å². The Balaban J connectivity index is 1.90. The van der Waals surface area contributed by atoms with Gasteiger partial charge in [0, 0.05) is 6.04 Å². The van der Waals surface area contributed by atoms with Gasteiger partial charge in [-0.05, 0) is 43.7 Å². The largest absolute Gasteiger partial charge is 0.314 e. The maximum absolute atomic E-state index is 3.69. The summed E-state index contributed by atoms with van der Waals surface area (Å²) in [5, 5.41) is 3.69. The van der Waals surface area contributed by atoms with Crippen LogP contribution in [0.25, 0.3) is 0 Å². The highest BCUT2D eigenvalue weighted by Crippen LogP contribution is 2.22. The molecule has 1 saturated heterocycles. The molecule has 0 aromatic carbocycles. The molecule has 0 spiro atoms. The molecule has 1 fully saturated rings. The summed E-state index contributed by atoms with van der Waals surface area (Å²) in [5.74, 6) is 3.72. The van der Waals surface area contributed by atoms with Crippen LogP contribution in [-0.2, 0) is 0 Å². The van der Waals surface area contributed by atoms with Gasteiger partial charge >= 0.3 is 0 Å². The fourth-order valence-electron chi connectivity index (χ4n) is 2.09. The molecule has 90 valence electrons. The van der Waals surface area contributed by atoms with Crippen molar-refractivity contribution < 1.29 is 0 Å². The summed E-state index contributed by atoms with van der Waals surface area (Å²) in [5.41, 5.74) is 0. The van der Waals surface area contributed by atoms with Crippen LogP contribution in [-0.4, -0.2) is 24.1 Å². The summed E-state index contributed by atoms with van der Waals surface area (Å²) in [6.45, 7) is 5.87. The predicted molar refractivity (Wildman–Crippen MR) is 71.7 cm³/mol. The first-order chi connectivity index (χ1) is 7.33. The summed E-state index contributed by atoms with van der Waals surface area (Å²) < 4.78 is 0. The Morgan fingerprint density at radius 3 is 2.87 bits per heavy atom. The Bertz CT molecular complexity index is 143. The van der Waals surface area contributed by atoms with Crippen molar-refractivity contribution in [1.29, 1.82) is 0 Å². The second-order valence-electron chi connectivity index (χ2n) is 4.89. The molecule has 1 heterocycles. The van der Waals surface area contributed by atoms with Gasteiger partial charge in [-0.15, -0.1) is 0 Å². The molecule has 1 nitrogen and oxygen atoms in total. The minimum Gasteiger partial charge on any atom is -0.314 e. The molecule has 0 bridgehead atoms. The molecule has 2 heteroatoms. The van der Waals surface area contributed by atoms with Crippen molar-refractivity contribution in [3.63, 3.8) is 0 Å². The van der Waals surface area contributed by atoms with Gasteiger partial charge in [-0.1, -0.05) is 32.6 Å². The summed E-state index contributed by atoms with van der Waals surface area (Å²) in [6.07, 6.45) is 8.37. The number of hydrogen-bond donors (Lipinski definition) is 1. The van der Waals surface area contributed by atoms with E-state index >= 15 is 0 Å². The Morgan fingerprint density at radius 1 is 1.33 bits per heavy atom. The molecule has 2 unspecified atom stereocenters. The van der Waals surface area contributed by atoms with Crippen molar-refractivity contribution in [3.05, 3.63) is 0 Å². The molecule has 1 aliphatic rings. The number of rotatable bonds is 8. The molecule has 15 heavy (non-hydrogen) atoms. The van der Waals surface area contributed by atoms with Gasteiger partial charge in [0.25, 0.3) is 0 Å². The topological polar surface area (TPSA) is 12.0 Å². The van der Waals surface area contributed by atoms with Crippen molar-refractivity contribution >= 4 is 11.8 Å². The third-order valence-electron chi connectivity index (χ3n) is 3.27. The van der Waals surface area contributed by atoms with Crippen LogP contribution in [0.3, 0.4) is 0 Å². The molecule has 1 aliphatic heterocycles. The Kier molecular flexibility index (Phi) is 7.54. The van der Waals surface area contributed by atoms with E-state index in [-0.39, 0.29) is 0 Å². The molecule has 1 N–H and O–H groups in total. The van der Waals surface area contributed by atoms with E-state index in [9.17, 15) is 0 Å². The van der Waals surface area contributed by atoms with Crippen LogP contribution in [0, 0.1) is 5.92 Å². The Hall–Kier alpha value is 0.310. The Labute approximate surface area is 99.8 Å². The van der Waals surface area contributed by atoms with Crippen molar-refractivity contribution in [2.75, 3.05) is 18.1 Å². The summed E-state index contributed by atoms with van der Waals surface area (Å²) in [4.78, 5) is 0. The molecule has 0 saturated carbocycles. The van der Waals surface area contributed by atoms with Crippen LogP contribution in [0.4, 0.5) is 0 Å². The smallest absolute Gasteiger partial charge is 0.00388 e. The van der Waals surface area contributed by atoms with Crippen LogP contribution >= 0.6 is 11.8 Å². The molecule has 2 atom stereocenters. The van der Waals surface area contributed by atoms with E-state index in [0.29, 0.717) is 0 Å². The third kappa shape index (κ3) is 6.47. The zero-order chi connectivity index (χ0) is 10.9. The van der Waals surface area contributed by atoms with Gasteiger partial charge in [-0.2, -0.15) is 11.8 Å². The summed E-state index contributed by atoms with van der Waals surface area (Å²) >= 11 is 2.12. The van der Waals surface area contributed by atoms with Crippen molar-refractivity contribution in [2.45, 2.75) is 58.4 Å². The van der Waals surface area contributed by atoms with Crippen LogP contribution in [0.1, 0.15) is 52.4 Å². The average molecular weight is 229 g/mol. The van der Waals surface area contributed by atoms with Gasteiger partial charge in [0.15, 0.2) is 0 Å². The van der Waals surface area contributed by atoms with Crippen LogP contribution in [0.5, 0.6) is 0 Å². The van der Waals surface area contributed by atoms with Crippen LogP contribution in [0.2, 0.25) is 0 Å². The van der Waals surface area contributed by atoms with E-state index < -0.39 is 0 Å². The lowest BCUT2D eigenvalue weighted by atomic mass is 10.1. The van der Waals surface area contributed by atoms with Gasteiger partial charge < -0.3 is 5.32 Å². The van der Waals surface area contributed by atoms with E-state index in [1.54, 1.807) is 0 Å². The highest BCUT2D eigenvalue weighted by Gasteiger charge is 2.15. The molecule has 0 radical (unpaired) electrons. The maximum Gasteiger partial charge on any atom is 0.00388 e. The predicted octanol–water partition coefficient (Wildman–Crippen LogP) is 3.69. The zero-order valence-electron chi connectivity index (χ0n) is 10.4. The standard InChI is InChI=1S/C13H27NS/c1-3-4-5-6-7-12(2)14-10-13-8-9-15-11-13/h12-14H,3-11H2,1-2H3. The first-order valence-electron chi connectivity index (χ1n) is 6.64. The highest BCUT2D eigenvalue weighted by molar-refractivity contribution is 7.99. The second-order valence-corrected chi connectivity index (χ2v) is 6.04. The Morgan fingerprint density at radius 2 is 2.20 bits per heavy atom. The quantitative estimate of drug-likeness (QED) is 0.637. The fraction of sp³-hybridized carbons (Fsp3) is 1.00. The first kappa shape index (κ1) is 13.4. The number of nitrogens with one attached hydrogen (secondary N) is 1. The van der Waals surface area contributed by atoms with Crippen LogP contribution in [0.15, 0.2) is 0 Å². The number of thioether (sulfide) groups is 1. The highest BCUT2D eigenvalue weighted by atomic mass is 32.2. The van der Waals surface area contributed by atoms with Gasteiger partial charge in [0.05, 0.1) is 0 Å². The third-order valence-corrected chi connectivity index (χ3v) is 4.50. The number of unbranched alkanes of at least 4 members (excludes halogenated alkanes) is 3. The molecule has 0 aromatic heterocycles. The van der Waals surface area contributed by atoms with E-state index in [4.69, 9.17) is 0 Å². The second kappa shape index (κ2) is 8.46. The van der Waals surface area contributed by atoms with Crippen LogP contribution < -0.4 is 5.32 Å². The van der Waals surface area contributed by atoms with Gasteiger partial charge in [0.1, 0.15) is 0 Å². The van der Waals surface area contributed by atoms with Gasteiger partial charge in [-0.3, -0.25) is 0 Å². The van der Waals surface area contributed by atoms with E-state index in [1.165, 1.54) is 56.6 Å². The molecule has 0 aromatic rings. The SMILES string of the molecule is CCCCCCC(C)NCC1CCSC1. The number of hydrogen-bond acceptors (Lipinski definition) is 2. The molecular weight excluding hydrogens is 202 g/mol. The average Bonchev–Trinajstić information content (AvgIpc) is 2.74. The van der Waals surface area contributed by atoms with Gasteiger partial charge in [-0.25, -0.2) is 0 Å². The minimum absolute atomic E-state index is 0.729. The lowest BCUT2D eigenvalue weighted by molar-refractivity contribution is 0.436. The van der Waals surface area contributed by atoms with Crippen molar-refractivity contribution in [1.82, 2.24) is 5.32 Å². The monoisotopic (exact) mass is 229 g/mol.